The third-order valence-corrected chi connectivity index (χ3v) is 5.54. The van der Waals surface area contributed by atoms with Gasteiger partial charge in [-0.3, -0.25) is 0 Å². The lowest BCUT2D eigenvalue weighted by atomic mass is 10.0. The predicted octanol–water partition coefficient (Wildman–Crippen LogP) is 2.90. The first-order chi connectivity index (χ1) is 9.31. The second-order valence-corrected chi connectivity index (χ2v) is 7.53. The molecule has 1 unspecified atom stereocenters. The van der Waals surface area contributed by atoms with Crippen molar-refractivity contribution in [3.63, 3.8) is 0 Å². The summed E-state index contributed by atoms with van der Waals surface area (Å²) in [6, 6.07) is 3.64. The molecular formula is C10H8Br2F3NO4S. The Balaban J connectivity index is 3.35. The summed E-state index contributed by atoms with van der Waals surface area (Å²) >= 11 is 5.96. The maximum Gasteiger partial charge on any atom is 0.418 e. The smallest absolute Gasteiger partial charge is 0.418 e. The van der Waals surface area contributed by atoms with Gasteiger partial charge < -0.3 is 5.11 Å². The summed E-state index contributed by atoms with van der Waals surface area (Å²) in [6.45, 7) is 0.236. The molecule has 1 aromatic rings. The molecule has 0 aliphatic rings. The van der Waals surface area contributed by atoms with Crippen molar-refractivity contribution in [3.8, 4) is 0 Å². The van der Waals surface area contributed by atoms with Gasteiger partial charge in [-0.15, -0.1) is 0 Å². The Labute approximate surface area is 134 Å². The molecule has 2 N–H and O–H groups in total. The van der Waals surface area contributed by atoms with Gasteiger partial charge in [0.05, 0.1) is 4.90 Å². The molecule has 0 saturated carbocycles. The van der Waals surface area contributed by atoms with Crippen LogP contribution in [0.25, 0.3) is 0 Å². The summed E-state index contributed by atoms with van der Waals surface area (Å²) in [4.78, 5) is 10.3. The monoisotopic (exact) mass is 453 g/mol. The van der Waals surface area contributed by atoms with E-state index in [9.17, 15) is 26.4 Å². The fraction of sp³-hybridized carbons (Fsp3) is 0.300. The van der Waals surface area contributed by atoms with Crippen molar-refractivity contribution in [2.24, 2.45) is 0 Å². The molecule has 0 aliphatic heterocycles. The second kappa shape index (κ2) is 5.86. The summed E-state index contributed by atoms with van der Waals surface area (Å²) in [6.07, 6.45) is -5.31. The molecule has 0 bridgehead atoms. The molecule has 1 atom stereocenters. The first-order valence-corrected chi connectivity index (χ1v) is 8.17. The minimum atomic E-state index is -5.31. The Bertz CT molecular complexity index is 677. The van der Waals surface area contributed by atoms with Gasteiger partial charge in [0, 0.05) is 8.95 Å². The predicted molar refractivity (Wildman–Crippen MR) is 74.3 cm³/mol. The van der Waals surface area contributed by atoms with E-state index in [1.807, 2.05) is 0 Å². The third kappa shape index (κ3) is 3.76. The van der Waals surface area contributed by atoms with Crippen LogP contribution >= 0.6 is 31.9 Å². The largest absolute Gasteiger partial charge is 0.480 e. The number of nitrogens with one attached hydrogen (secondary N) is 1. The minimum Gasteiger partial charge on any atom is -0.480 e. The van der Waals surface area contributed by atoms with E-state index >= 15 is 0 Å². The van der Waals surface area contributed by atoms with Crippen molar-refractivity contribution in [2.45, 2.75) is 23.5 Å². The highest BCUT2D eigenvalue weighted by atomic mass is 79.9. The Morgan fingerprint density at radius 1 is 1.29 bits per heavy atom. The van der Waals surface area contributed by atoms with Gasteiger partial charge in [-0.1, -0.05) is 15.9 Å². The van der Waals surface area contributed by atoms with Gasteiger partial charge >= 0.3 is 12.1 Å². The molecule has 1 rings (SSSR count). The van der Waals surface area contributed by atoms with E-state index in [4.69, 9.17) is 5.11 Å². The maximum atomic E-state index is 12.8. The fourth-order valence-electron chi connectivity index (χ4n) is 1.24. The number of benzene rings is 1. The zero-order valence-corrected chi connectivity index (χ0v) is 14.2. The summed E-state index contributed by atoms with van der Waals surface area (Å²) in [5, 5.41) is 8.73. The Hall–Kier alpha value is -0.650. The zero-order chi connectivity index (χ0) is 16.6. The average molecular weight is 455 g/mol. The van der Waals surface area contributed by atoms with Crippen LogP contribution in [0.1, 0.15) is 6.92 Å². The van der Waals surface area contributed by atoms with Crippen LogP contribution < -0.4 is 4.72 Å². The molecule has 0 saturated heterocycles. The third-order valence-electron chi connectivity index (χ3n) is 2.52. The van der Waals surface area contributed by atoms with E-state index in [1.54, 1.807) is 0 Å². The van der Waals surface area contributed by atoms with Crippen molar-refractivity contribution in [1.82, 2.24) is 4.72 Å². The molecule has 0 fully saturated rings. The number of carboxylic acid groups (broad SMARTS) is 1. The van der Waals surface area contributed by atoms with E-state index in [0.717, 1.165) is 6.07 Å². The summed E-state index contributed by atoms with van der Waals surface area (Å²) < 4.78 is 64.2. The van der Waals surface area contributed by atoms with Crippen LogP contribution in [-0.4, -0.2) is 31.2 Å². The average Bonchev–Trinajstić information content (AvgIpc) is 2.25. The van der Waals surface area contributed by atoms with Gasteiger partial charge in [-0.05, 0) is 41.1 Å². The van der Waals surface area contributed by atoms with E-state index in [1.165, 1.54) is 16.9 Å². The van der Waals surface area contributed by atoms with Gasteiger partial charge in [-0.2, -0.15) is 17.9 Å². The number of rotatable bonds is 4. The van der Waals surface area contributed by atoms with Crippen molar-refractivity contribution >= 4 is 47.9 Å². The molecule has 0 aromatic heterocycles. The molecule has 11 heteroatoms. The molecule has 1 aromatic carbocycles. The summed E-state index contributed by atoms with van der Waals surface area (Å²) in [5.41, 5.74) is -3.64. The van der Waals surface area contributed by atoms with Gasteiger partial charge in [0.1, 0.15) is 0 Å². The van der Waals surface area contributed by atoms with E-state index in [-0.39, 0.29) is 11.4 Å². The zero-order valence-electron chi connectivity index (χ0n) is 10.2. The highest BCUT2D eigenvalue weighted by molar-refractivity contribution is 9.11. The Kier molecular flexibility index (Phi) is 5.13. The number of alkyl halides is 3. The van der Waals surface area contributed by atoms with Gasteiger partial charge in [0.15, 0.2) is 0 Å². The SMILES string of the molecule is CC(NS(=O)(=O)c1ccc(Br)cc1Br)(C(=O)O)C(F)(F)F. The molecule has 5 nitrogen and oxygen atoms in total. The van der Waals surface area contributed by atoms with E-state index in [0.29, 0.717) is 4.47 Å². The molecule has 118 valence electrons. The fourth-order valence-corrected chi connectivity index (χ4v) is 4.34. The summed E-state index contributed by atoms with van der Waals surface area (Å²) in [5.74, 6) is -2.35. The topological polar surface area (TPSA) is 83.5 Å². The molecule has 0 radical (unpaired) electrons. The summed E-state index contributed by atoms with van der Waals surface area (Å²) in [7, 11) is -4.71. The van der Waals surface area contributed by atoms with Gasteiger partial charge in [-0.25, -0.2) is 13.2 Å². The minimum absolute atomic E-state index is 0.0145. The quantitative estimate of drug-likeness (QED) is 0.732. The highest BCUT2D eigenvalue weighted by Crippen LogP contribution is 2.33. The Morgan fingerprint density at radius 3 is 2.19 bits per heavy atom. The molecule has 21 heavy (non-hydrogen) atoms. The van der Waals surface area contributed by atoms with Crippen molar-refractivity contribution < 1.29 is 31.5 Å². The Morgan fingerprint density at radius 2 is 1.81 bits per heavy atom. The van der Waals surface area contributed by atoms with Crippen LogP contribution in [0.4, 0.5) is 13.2 Å². The van der Waals surface area contributed by atoms with Crippen molar-refractivity contribution in [3.05, 3.63) is 27.1 Å². The molecule has 0 aliphatic carbocycles. The normalized spacial score (nSPS) is 15.5. The second-order valence-electron chi connectivity index (χ2n) is 4.11. The molecule has 0 spiro atoms. The lowest BCUT2D eigenvalue weighted by Gasteiger charge is -2.28. The van der Waals surface area contributed by atoms with Crippen LogP contribution in [0.15, 0.2) is 32.0 Å². The van der Waals surface area contributed by atoms with Crippen LogP contribution in [-0.2, 0) is 14.8 Å². The first kappa shape index (κ1) is 18.4. The lowest BCUT2D eigenvalue weighted by Crippen LogP contribution is -2.61. The number of hydrogen-bond donors (Lipinski definition) is 2. The van der Waals surface area contributed by atoms with Crippen LogP contribution in [0.5, 0.6) is 0 Å². The maximum absolute atomic E-state index is 12.8. The number of carboxylic acids is 1. The van der Waals surface area contributed by atoms with Gasteiger partial charge in [0.2, 0.25) is 15.6 Å². The number of hydrogen-bond acceptors (Lipinski definition) is 3. The van der Waals surface area contributed by atoms with E-state index in [2.05, 4.69) is 31.9 Å². The first-order valence-electron chi connectivity index (χ1n) is 5.10. The van der Waals surface area contributed by atoms with Crippen LogP contribution in [0.3, 0.4) is 0 Å². The number of carbonyl (C=O) groups is 1. The van der Waals surface area contributed by atoms with Crippen molar-refractivity contribution in [2.75, 3.05) is 0 Å². The van der Waals surface area contributed by atoms with Crippen LogP contribution in [0, 0.1) is 0 Å². The van der Waals surface area contributed by atoms with Crippen molar-refractivity contribution in [1.29, 1.82) is 0 Å². The van der Waals surface area contributed by atoms with Crippen LogP contribution in [0.2, 0.25) is 0 Å². The van der Waals surface area contributed by atoms with E-state index < -0.39 is 32.6 Å². The molecular weight excluding hydrogens is 447 g/mol. The number of sulfonamides is 1. The highest BCUT2D eigenvalue weighted by Gasteiger charge is 2.59. The molecule has 0 heterocycles. The lowest BCUT2D eigenvalue weighted by molar-refractivity contribution is -0.201. The number of halogens is 5. The molecule has 0 amide bonds. The standard InChI is InChI=1S/C10H8Br2F3NO4S/c1-9(8(17)18,10(13,14)15)16-21(19,20)7-3-2-5(11)4-6(7)12/h2-4,16H,1H3,(H,17,18). The van der Waals surface area contributed by atoms with Gasteiger partial charge in [0.25, 0.3) is 0 Å². The number of aliphatic carboxylic acids is 1.